The molecular formula is C16H10ClFN4. The fraction of sp³-hybridized carbons (Fsp3) is 0.0625. The van der Waals surface area contributed by atoms with Gasteiger partial charge in [-0.1, -0.05) is 29.8 Å². The van der Waals surface area contributed by atoms with E-state index in [0.29, 0.717) is 33.8 Å². The van der Waals surface area contributed by atoms with Crippen molar-refractivity contribution in [3.05, 3.63) is 71.0 Å². The van der Waals surface area contributed by atoms with Crippen LogP contribution >= 0.6 is 11.6 Å². The van der Waals surface area contributed by atoms with Crippen molar-refractivity contribution in [2.24, 2.45) is 0 Å². The monoisotopic (exact) mass is 312 g/mol. The molecule has 0 bridgehead atoms. The number of nitrogens with zero attached hydrogens (tertiary/aromatic N) is 4. The van der Waals surface area contributed by atoms with Gasteiger partial charge in [0.05, 0.1) is 5.52 Å². The Bertz CT molecular complexity index is 996. The Morgan fingerprint density at radius 1 is 1.14 bits per heavy atom. The number of hydrogen-bond acceptors (Lipinski definition) is 3. The average molecular weight is 313 g/mol. The molecule has 0 unspecified atom stereocenters. The minimum Gasteiger partial charge on any atom is -0.236 e. The van der Waals surface area contributed by atoms with E-state index in [1.54, 1.807) is 16.9 Å². The standard InChI is InChI=1S/C16H10ClFN4/c17-13-4-2-1-3-10(13)7-15-20-16-12-8-11(18)5-6-14(12)19-9-22(16)21-15/h1-6,8-9H,7H2. The van der Waals surface area contributed by atoms with Crippen LogP contribution in [-0.4, -0.2) is 19.6 Å². The van der Waals surface area contributed by atoms with Crippen molar-refractivity contribution in [3.8, 4) is 0 Å². The summed E-state index contributed by atoms with van der Waals surface area (Å²) >= 11 is 6.16. The zero-order valence-corrected chi connectivity index (χ0v) is 12.1. The molecule has 0 amide bonds. The summed E-state index contributed by atoms with van der Waals surface area (Å²) in [6, 6.07) is 12.0. The molecule has 0 saturated heterocycles. The molecule has 0 N–H and O–H groups in total. The van der Waals surface area contributed by atoms with Crippen LogP contribution in [0, 0.1) is 5.82 Å². The van der Waals surface area contributed by atoms with Gasteiger partial charge in [-0.05, 0) is 29.8 Å². The smallest absolute Gasteiger partial charge is 0.166 e. The zero-order valence-electron chi connectivity index (χ0n) is 11.4. The van der Waals surface area contributed by atoms with Crippen LogP contribution in [0.5, 0.6) is 0 Å². The summed E-state index contributed by atoms with van der Waals surface area (Å²) < 4.78 is 15.0. The first-order valence-electron chi connectivity index (χ1n) is 6.73. The lowest BCUT2D eigenvalue weighted by Crippen LogP contribution is -1.93. The van der Waals surface area contributed by atoms with Gasteiger partial charge >= 0.3 is 0 Å². The second-order valence-corrected chi connectivity index (χ2v) is 5.38. The molecule has 108 valence electrons. The van der Waals surface area contributed by atoms with Gasteiger partial charge in [-0.2, -0.15) is 0 Å². The Labute approximate surface area is 130 Å². The van der Waals surface area contributed by atoms with Crippen LogP contribution in [0.15, 0.2) is 48.8 Å². The Morgan fingerprint density at radius 2 is 2.00 bits per heavy atom. The van der Waals surface area contributed by atoms with Gasteiger partial charge < -0.3 is 0 Å². The SMILES string of the molecule is Fc1ccc2ncn3nc(Cc4ccccc4Cl)nc3c2c1. The molecule has 4 aromatic rings. The summed E-state index contributed by atoms with van der Waals surface area (Å²) in [5.41, 5.74) is 2.22. The second kappa shape index (κ2) is 5.03. The molecule has 4 rings (SSSR count). The average Bonchev–Trinajstić information content (AvgIpc) is 2.92. The highest BCUT2D eigenvalue weighted by molar-refractivity contribution is 6.31. The number of hydrogen-bond donors (Lipinski definition) is 0. The summed E-state index contributed by atoms with van der Waals surface area (Å²) in [7, 11) is 0. The Balaban J connectivity index is 1.85. The van der Waals surface area contributed by atoms with Crippen molar-refractivity contribution < 1.29 is 4.39 Å². The lowest BCUT2D eigenvalue weighted by molar-refractivity contribution is 0.629. The van der Waals surface area contributed by atoms with Gasteiger partial charge in [0.2, 0.25) is 0 Å². The first-order chi connectivity index (χ1) is 10.7. The Hall–Kier alpha value is -2.53. The number of halogens is 2. The third-order valence-corrected chi connectivity index (χ3v) is 3.86. The Kier molecular flexibility index (Phi) is 3.01. The van der Waals surface area contributed by atoms with Crippen molar-refractivity contribution in [1.29, 1.82) is 0 Å². The lowest BCUT2D eigenvalue weighted by atomic mass is 10.1. The summed E-state index contributed by atoms with van der Waals surface area (Å²) in [5, 5.41) is 5.71. The molecule has 0 saturated carbocycles. The zero-order chi connectivity index (χ0) is 15.1. The molecule has 6 heteroatoms. The van der Waals surface area contributed by atoms with Gasteiger partial charge in [-0.3, -0.25) is 0 Å². The maximum atomic E-state index is 13.5. The van der Waals surface area contributed by atoms with Crippen molar-refractivity contribution in [2.75, 3.05) is 0 Å². The van der Waals surface area contributed by atoms with Crippen LogP contribution in [0.1, 0.15) is 11.4 Å². The minimum absolute atomic E-state index is 0.321. The van der Waals surface area contributed by atoms with Crippen LogP contribution in [0.4, 0.5) is 4.39 Å². The minimum atomic E-state index is -0.321. The van der Waals surface area contributed by atoms with E-state index in [4.69, 9.17) is 11.6 Å². The fourth-order valence-corrected chi connectivity index (χ4v) is 2.64. The van der Waals surface area contributed by atoms with Crippen LogP contribution in [0.3, 0.4) is 0 Å². The number of aromatic nitrogens is 4. The van der Waals surface area contributed by atoms with Gasteiger partial charge in [-0.25, -0.2) is 18.9 Å². The molecule has 2 aromatic heterocycles. The largest absolute Gasteiger partial charge is 0.236 e. The van der Waals surface area contributed by atoms with Gasteiger partial charge in [0.25, 0.3) is 0 Å². The van der Waals surface area contributed by atoms with Crippen LogP contribution in [0.2, 0.25) is 5.02 Å². The van der Waals surface area contributed by atoms with E-state index in [0.717, 1.165) is 5.56 Å². The van der Waals surface area contributed by atoms with Crippen LogP contribution in [0.25, 0.3) is 16.6 Å². The molecule has 0 aliphatic carbocycles. The van der Waals surface area contributed by atoms with E-state index in [9.17, 15) is 4.39 Å². The number of fused-ring (bicyclic) bond motifs is 3. The summed E-state index contributed by atoms with van der Waals surface area (Å²) in [6.07, 6.45) is 2.09. The van der Waals surface area contributed by atoms with Crippen molar-refractivity contribution in [2.45, 2.75) is 6.42 Å². The molecule has 0 atom stereocenters. The second-order valence-electron chi connectivity index (χ2n) is 4.97. The molecule has 2 aromatic carbocycles. The van der Waals surface area contributed by atoms with E-state index < -0.39 is 0 Å². The van der Waals surface area contributed by atoms with Crippen LogP contribution in [-0.2, 0) is 6.42 Å². The maximum Gasteiger partial charge on any atom is 0.166 e. The number of benzene rings is 2. The van der Waals surface area contributed by atoms with Crippen molar-refractivity contribution in [1.82, 2.24) is 19.6 Å². The maximum absolute atomic E-state index is 13.5. The lowest BCUT2D eigenvalue weighted by Gasteiger charge is -1.99. The first-order valence-corrected chi connectivity index (χ1v) is 7.11. The quantitative estimate of drug-likeness (QED) is 0.567. The molecule has 0 aliphatic rings. The molecule has 0 radical (unpaired) electrons. The van der Waals surface area contributed by atoms with E-state index in [-0.39, 0.29) is 5.82 Å². The van der Waals surface area contributed by atoms with E-state index >= 15 is 0 Å². The molecule has 0 fully saturated rings. The number of rotatable bonds is 2. The normalized spacial score (nSPS) is 11.4. The predicted octanol–water partition coefficient (Wildman–Crippen LogP) is 3.66. The van der Waals surface area contributed by atoms with Gasteiger partial charge in [0.1, 0.15) is 12.1 Å². The summed E-state index contributed by atoms with van der Waals surface area (Å²) in [6.45, 7) is 0. The van der Waals surface area contributed by atoms with Gasteiger partial charge in [0, 0.05) is 16.8 Å². The molecule has 22 heavy (non-hydrogen) atoms. The summed E-state index contributed by atoms with van der Waals surface area (Å²) in [4.78, 5) is 8.76. The molecule has 0 aliphatic heterocycles. The Morgan fingerprint density at radius 3 is 2.86 bits per heavy atom. The van der Waals surface area contributed by atoms with E-state index in [1.165, 1.54) is 12.1 Å². The van der Waals surface area contributed by atoms with E-state index in [2.05, 4.69) is 15.1 Å². The first kappa shape index (κ1) is 13.2. The molecule has 4 nitrogen and oxygen atoms in total. The molecule has 0 spiro atoms. The summed E-state index contributed by atoms with van der Waals surface area (Å²) in [5.74, 6) is 0.296. The fourth-order valence-electron chi connectivity index (χ4n) is 2.44. The molecular weight excluding hydrogens is 303 g/mol. The van der Waals surface area contributed by atoms with Gasteiger partial charge in [-0.15, -0.1) is 5.10 Å². The third-order valence-electron chi connectivity index (χ3n) is 3.49. The van der Waals surface area contributed by atoms with Crippen molar-refractivity contribution in [3.63, 3.8) is 0 Å². The van der Waals surface area contributed by atoms with E-state index in [1.807, 2.05) is 24.3 Å². The highest BCUT2D eigenvalue weighted by atomic mass is 35.5. The topological polar surface area (TPSA) is 43.1 Å². The highest BCUT2D eigenvalue weighted by Gasteiger charge is 2.10. The predicted molar refractivity (Wildman–Crippen MR) is 82.5 cm³/mol. The van der Waals surface area contributed by atoms with Gasteiger partial charge in [0.15, 0.2) is 11.5 Å². The van der Waals surface area contributed by atoms with Crippen LogP contribution < -0.4 is 0 Å². The molecule has 2 heterocycles. The highest BCUT2D eigenvalue weighted by Crippen LogP contribution is 2.20. The third kappa shape index (κ3) is 2.19. The van der Waals surface area contributed by atoms with Crippen molar-refractivity contribution >= 4 is 28.2 Å².